The van der Waals surface area contributed by atoms with Gasteiger partial charge in [-0.25, -0.2) is 0 Å². The fourth-order valence-electron chi connectivity index (χ4n) is 1.53. The number of rotatable bonds is 6. The van der Waals surface area contributed by atoms with Gasteiger partial charge in [-0.3, -0.25) is 10.1 Å². The van der Waals surface area contributed by atoms with E-state index in [1.165, 1.54) is 16.9 Å². The van der Waals surface area contributed by atoms with Crippen molar-refractivity contribution in [2.75, 3.05) is 5.32 Å². The highest BCUT2D eigenvalue weighted by Gasteiger charge is 2.18. The Hall–Kier alpha value is -1.44. The first-order chi connectivity index (χ1) is 10.1. The normalized spacial score (nSPS) is 12.4. The Morgan fingerprint density at radius 3 is 2.71 bits per heavy atom. The maximum Gasteiger partial charge on any atom is 0.243 e. The fourth-order valence-corrected chi connectivity index (χ4v) is 3.24. The molecule has 0 saturated carbocycles. The number of hydrogen-bond donors (Lipinski definition) is 2. The molecule has 0 aliphatic carbocycles. The molecule has 0 spiro atoms. The first-order valence-electron chi connectivity index (χ1n) is 6.63. The van der Waals surface area contributed by atoms with Gasteiger partial charge in [0, 0.05) is 5.75 Å². The molecule has 1 amide bonds. The standard InChI is InChI=1S/C14H18N4OS2/c1-9(2)11(15)12(19)16-13-17-18-14(21-13)20-8-10-6-4-3-5-7-10/h3-7,9,11H,8,15H2,1-2H3,(H,16,17,19). The molecule has 21 heavy (non-hydrogen) atoms. The smallest absolute Gasteiger partial charge is 0.243 e. The van der Waals surface area contributed by atoms with E-state index in [1.807, 2.05) is 32.0 Å². The first-order valence-corrected chi connectivity index (χ1v) is 8.43. The Labute approximate surface area is 132 Å². The molecule has 1 aromatic carbocycles. The summed E-state index contributed by atoms with van der Waals surface area (Å²) in [6.45, 7) is 3.82. The number of carbonyl (C=O) groups excluding carboxylic acids is 1. The summed E-state index contributed by atoms with van der Waals surface area (Å²) in [5.41, 5.74) is 7.02. The summed E-state index contributed by atoms with van der Waals surface area (Å²) in [6.07, 6.45) is 0. The SMILES string of the molecule is CC(C)C(N)C(=O)Nc1nnc(SCc2ccccc2)s1. The van der Waals surface area contributed by atoms with Crippen LogP contribution in [0.25, 0.3) is 0 Å². The Bertz CT molecular complexity index is 586. The second kappa shape index (κ2) is 7.53. The summed E-state index contributed by atoms with van der Waals surface area (Å²) < 4.78 is 0.826. The van der Waals surface area contributed by atoms with E-state index in [-0.39, 0.29) is 11.8 Å². The van der Waals surface area contributed by atoms with Gasteiger partial charge in [-0.15, -0.1) is 10.2 Å². The van der Waals surface area contributed by atoms with Gasteiger partial charge in [0.25, 0.3) is 0 Å². The third kappa shape index (κ3) is 4.80. The molecule has 0 saturated heterocycles. The van der Waals surface area contributed by atoms with Crippen LogP contribution in [-0.4, -0.2) is 22.1 Å². The molecule has 2 aromatic rings. The van der Waals surface area contributed by atoms with E-state index in [0.717, 1.165) is 10.1 Å². The van der Waals surface area contributed by atoms with Gasteiger partial charge in [-0.1, -0.05) is 67.3 Å². The predicted molar refractivity (Wildman–Crippen MR) is 87.4 cm³/mol. The van der Waals surface area contributed by atoms with Crippen molar-refractivity contribution >= 4 is 34.1 Å². The molecule has 2 rings (SSSR count). The van der Waals surface area contributed by atoms with Crippen molar-refractivity contribution in [3.8, 4) is 0 Å². The van der Waals surface area contributed by atoms with Gasteiger partial charge in [0.2, 0.25) is 11.0 Å². The lowest BCUT2D eigenvalue weighted by Gasteiger charge is -2.13. The average Bonchev–Trinajstić information content (AvgIpc) is 2.92. The van der Waals surface area contributed by atoms with Crippen molar-refractivity contribution in [2.45, 2.75) is 30.0 Å². The first kappa shape index (κ1) is 15.9. The van der Waals surface area contributed by atoms with Crippen LogP contribution in [0, 0.1) is 5.92 Å². The van der Waals surface area contributed by atoms with E-state index in [2.05, 4.69) is 27.6 Å². The zero-order chi connectivity index (χ0) is 15.2. The molecular formula is C14H18N4OS2. The Balaban J connectivity index is 1.88. The van der Waals surface area contributed by atoms with Gasteiger partial charge < -0.3 is 5.73 Å². The highest BCUT2D eigenvalue weighted by Crippen LogP contribution is 2.28. The monoisotopic (exact) mass is 322 g/mol. The molecule has 1 unspecified atom stereocenters. The van der Waals surface area contributed by atoms with Crippen molar-refractivity contribution in [1.29, 1.82) is 0 Å². The molecule has 0 fully saturated rings. The van der Waals surface area contributed by atoms with Crippen molar-refractivity contribution in [2.24, 2.45) is 11.7 Å². The van der Waals surface area contributed by atoms with Gasteiger partial charge >= 0.3 is 0 Å². The van der Waals surface area contributed by atoms with Crippen LogP contribution in [0.2, 0.25) is 0 Å². The topological polar surface area (TPSA) is 80.9 Å². The number of thioether (sulfide) groups is 1. The van der Waals surface area contributed by atoms with E-state index in [1.54, 1.807) is 11.8 Å². The number of nitrogens with one attached hydrogen (secondary N) is 1. The molecule has 1 atom stereocenters. The number of carbonyl (C=O) groups is 1. The van der Waals surface area contributed by atoms with Crippen LogP contribution in [0.5, 0.6) is 0 Å². The van der Waals surface area contributed by atoms with Gasteiger partial charge in [0.15, 0.2) is 4.34 Å². The lowest BCUT2D eigenvalue weighted by Crippen LogP contribution is -2.39. The van der Waals surface area contributed by atoms with Crippen molar-refractivity contribution < 1.29 is 4.79 Å². The molecule has 3 N–H and O–H groups in total. The minimum atomic E-state index is -0.533. The molecule has 1 aromatic heterocycles. The highest BCUT2D eigenvalue weighted by molar-refractivity contribution is 8.00. The Morgan fingerprint density at radius 2 is 2.05 bits per heavy atom. The predicted octanol–water partition coefficient (Wildman–Crippen LogP) is 2.75. The lowest BCUT2D eigenvalue weighted by atomic mass is 10.1. The zero-order valence-corrected chi connectivity index (χ0v) is 13.6. The number of hydrogen-bond acceptors (Lipinski definition) is 6. The van der Waals surface area contributed by atoms with E-state index in [9.17, 15) is 4.79 Å². The highest BCUT2D eigenvalue weighted by atomic mass is 32.2. The average molecular weight is 322 g/mol. The van der Waals surface area contributed by atoms with Crippen LogP contribution < -0.4 is 11.1 Å². The number of aromatic nitrogens is 2. The lowest BCUT2D eigenvalue weighted by molar-refractivity contribution is -0.118. The molecule has 5 nitrogen and oxygen atoms in total. The molecule has 7 heteroatoms. The van der Waals surface area contributed by atoms with Gasteiger partial charge in [0.05, 0.1) is 6.04 Å². The number of nitrogens with two attached hydrogens (primary N) is 1. The summed E-state index contributed by atoms with van der Waals surface area (Å²) in [4.78, 5) is 11.8. The summed E-state index contributed by atoms with van der Waals surface area (Å²) >= 11 is 2.96. The van der Waals surface area contributed by atoms with Crippen LogP contribution in [0.1, 0.15) is 19.4 Å². The maximum atomic E-state index is 11.8. The quantitative estimate of drug-likeness (QED) is 0.631. The summed E-state index contributed by atoms with van der Waals surface area (Å²) in [5, 5.41) is 11.2. The third-order valence-corrected chi connectivity index (χ3v) is 4.91. The number of benzene rings is 1. The maximum absolute atomic E-state index is 11.8. The molecule has 0 bridgehead atoms. The summed E-state index contributed by atoms with van der Waals surface area (Å²) in [5.74, 6) is 0.695. The Kier molecular flexibility index (Phi) is 5.72. The summed E-state index contributed by atoms with van der Waals surface area (Å²) in [7, 11) is 0. The second-order valence-electron chi connectivity index (χ2n) is 4.91. The molecule has 1 heterocycles. The van der Waals surface area contributed by atoms with E-state index in [0.29, 0.717) is 5.13 Å². The van der Waals surface area contributed by atoms with E-state index < -0.39 is 6.04 Å². The minimum Gasteiger partial charge on any atom is -0.320 e. The molecule has 0 radical (unpaired) electrons. The van der Waals surface area contributed by atoms with Crippen LogP contribution in [-0.2, 0) is 10.5 Å². The number of anilines is 1. The second-order valence-corrected chi connectivity index (χ2v) is 7.11. The van der Waals surface area contributed by atoms with Crippen molar-refractivity contribution in [1.82, 2.24) is 10.2 Å². The molecule has 112 valence electrons. The van der Waals surface area contributed by atoms with E-state index >= 15 is 0 Å². The van der Waals surface area contributed by atoms with Crippen LogP contribution in [0.3, 0.4) is 0 Å². The number of nitrogens with zero attached hydrogens (tertiary/aromatic N) is 2. The Morgan fingerprint density at radius 1 is 1.33 bits per heavy atom. The fraction of sp³-hybridized carbons (Fsp3) is 0.357. The third-order valence-electron chi connectivity index (χ3n) is 2.86. The van der Waals surface area contributed by atoms with Crippen molar-refractivity contribution in [3.05, 3.63) is 35.9 Å². The molecular weight excluding hydrogens is 304 g/mol. The minimum absolute atomic E-state index is 0.0878. The zero-order valence-electron chi connectivity index (χ0n) is 11.9. The summed E-state index contributed by atoms with van der Waals surface area (Å²) in [6, 6.07) is 9.61. The van der Waals surface area contributed by atoms with Gasteiger partial charge in [-0.05, 0) is 11.5 Å². The largest absolute Gasteiger partial charge is 0.320 e. The van der Waals surface area contributed by atoms with Gasteiger partial charge in [-0.2, -0.15) is 0 Å². The molecule has 0 aliphatic rings. The van der Waals surface area contributed by atoms with E-state index in [4.69, 9.17) is 5.73 Å². The van der Waals surface area contributed by atoms with Crippen LogP contribution in [0.15, 0.2) is 34.7 Å². The molecule has 0 aliphatic heterocycles. The number of amides is 1. The van der Waals surface area contributed by atoms with Crippen LogP contribution in [0.4, 0.5) is 5.13 Å². The van der Waals surface area contributed by atoms with Crippen molar-refractivity contribution in [3.63, 3.8) is 0 Å². The van der Waals surface area contributed by atoms with Gasteiger partial charge in [0.1, 0.15) is 0 Å². The van der Waals surface area contributed by atoms with Crippen LogP contribution >= 0.6 is 23.1 Å².